The maximum Gasteiger partial charge on any atom is 0.143 e. The van der Waals surface area contributed by atoms with Gasteiger partial charge in [-0.2, -0.15) is 0 Å². The third-order valence-corrected chi connectivity index (χ3v) is 3.61. The van der Waals surface area contributed by atoms with Crippen LogP contribution in [0.4, 0.5) is 0 Å². The van der Waals surface area contributed by atoms with Gasteiger partial charge in [-0.15, -0.1) is 0 Å². The highest BCUT2D eigenvalue weighted by molar-refractivity contribution is 5.92. The molecule has 0 radical (unpaired) electrons. The van der Waals surface area contributed by atoms with Crippen LogP contribution in [0.15, 0.2) is 12.1 Å². The molecule has 1 aliphatic carbocycles. The number of carbonyl (C=O) groups excluding carboxylic acids is 1. The van der Waals surface area contributed by atoms with Gasteiger partial charge < -0.3 is 9.47 Å². The normalized spacial score (nSPS) is 17.5. The zero-order valence-electron chi connectivity index (χ0n) is 10.8. The van der Waals surface area contributed by atoms with Gasteiger partial charge in [-0.3, -0.25) is 4.79 Å². The minimum Gasteiger partial charge on any atom is -0.497 e. The van der Waals surface area contributed by atoms with Gasteiger partial charge in [-0.1, -0.05) is 0 Å². The topological polar surface area (TPSA) is 35.5 Å². The highest BCUT2D eigenvalue weighted by atomic mass is 16.5. The van der Waals surface area contributed by atoms with Crippen LogP contribution >= 0.6 is 0 Å². The van der Waals surface area contributed by atoms with Gasteiger partial charge in [0, 0.05) is 17.9 Å². The third-order valence-electron chi connectivity index (χ3n) is 3.61. The summed E-state index contributed by atoms with van der Waals surface area (Å²) < 4.78 is 10.7. The highest BCUT2D eigenvalue weighted by Gasteiger charge is 2.36. The Hall–Kier alpha value is -1.51. The summed E-state index contributed by atoms with van der Waals surface area (Å²) >= 11 is 0. The molecule has 3 heteroatoms. The second-order valence-corrected chi connectivity index (χ2v) is 4.90. The molecule has 0 aliphatic heterocycles. The molecular formula is C14H18O3. The summed E-state index contributed by atoms with van der Waals surface area (Å²) in [5.41, 5.74) is 1.72. The van der Waals surface area contributed by atoms with Crippen molar-refractivity contribution in [2.75, 3.05) is 14.2 Å². The van der Waals surface area contributed by atoms with Crippen LogP contribution in [0.2, 0.25) is 0 Å². The van der Waals surface area contributed by atoms with E-state index in [0.29, 0.717) is 6.42 Å². The van der Waals surface area contributed by atoms with Crippen molar-refractivity contribution >= 4 is 5.78 Å². The second kappa shape index (κ2) is 4.06. The van der Waals surface area contributed by atoms with Gasteiger partial charge in [0.15, 0.2) is 0 Å². The summed E-state index contributed by atoms with van der Waals surface area (Å²) in [7, 11) is 3.28. The summed E-state index contributed by atoms with van der Waals surface area (Å²) in [6.45, 7) is 3.93. The smallest absolute Gasteiger partial charge is 0.143 e. The van der Waals surface area contributed by atoms with E-state index in [2.05, 4.69) is 0 Å². The number of carbonyl (C=O) groups is 1. The van der Waals surface area contributed by atoms with E-state index in [4.69, 9.17) is 9.47 Å². The van der Waals surface area contributed by atoms with Crippen LogP contribution in [-0.2, 0) is 16.6 Å². The Morgan fingerprint density at radius 2 is 1.82 bits per heavy atom. The zero-order valence-corrected chi connectivity index (χ0v) is 10.8. The Labute approximate surface area is 102 Å². The molecule has 0 fully saturated rings. The monoisotopic (exact) mass is 234 g/mol. The van der Waals surface area contributed by atoms with Crippen LogP contribution < -0.4 is 9.47 Å². The van der Waals surface area contributed by atoms with Gasteiger partial charge in [-0.05, 0) is 37.5 Å². The van der Waals surface area contributed by atoms with E-state index in [1.54, 1.807) is 14.2 Å². The van der Waals surface area contributed by atoms with E-state index < -0.39 is 5.41 Å². The number of benzene rings is 1. The lowest BCUT2D eigenvalue weighted by molar-refractivity contribution is -0.124. The lowest BCUT2D eigenvalue weighted by Crippen LogP contribution is -2.34. The average Bonchev–Trinajstić information content (AvgIpc) is 2.33. The number of fused-ring (bicyclic) bond motifs is 1. The van der Waals surface area contributed by atoms with Crippen molar-refractivity contribution in [3.63, 3.8) is 0 Å². The molecule has 92 valence electrons. The van der Waals surface area contributed by atoms with E-state index >= 15 is 0 Å². The Kier molecular flexibility index (Phi) is 2.86. The first kappa shape index (κ1) is 12.0. The van der Waals surface area contributed by atoms with Crippen molar-refractivity contribution in [1.29, 1.82) is 0 Å². The molecule has 0 saturated heterocycles. The Bertz CT molecular complexity index is 461. The summed E-state index contributed by atoms with van der Waals surface area (Å²) in [6, 6.07) is 3.83. The first-order valence-electron chi connectivity index (χ1n) is 5.79. The molecule has 0 aromatic heterocycles. The maximum absolute atomic E-state index is 12.0. The number of hydrogen-bond donors (Lipinski definition) is 0. The van der Waals surface area contributed by atoms with Crippen LogP contribution in [0, 0.1) is 0 Å². The lowest BCUT2D eigenvalue weighted by atomic mass is 9.71. The van der Waals surface area contributed by atoms with Gasteiger partial charge in [0.1, 0.15) is 17.3 Å². The van der Waals surface area contributed by atoms with Crippen LogP contribution in [0.25, 0.3) is 0 Å². The van der Waals surface area contributed by atoms with Crippen LogP contribution in [0.3, 0.4) is 0 Å². The van der Waals surface area contributed by atoms with Crippen LogP contribution in [-0.4, -0.2) is 20.0 Å². The maximum atomic E-state index is 12.0. The predicted molar refractivity (Wildman–Crippen MR) is 65.9 cm³/mol. The van der Waals surface area contributed by atoms with E-state index in [0.717, 1.165) is 29.0 Å². The van der Waals surface area contributed by atoms with E-state index in [1.165, 1.54) is 0 Å². The van der Waals surface area contributed by atoms with Crippen molar-refractivity contribution in [1.82, 2.24) is 0 Å². The molecule has 3 nitrogen and oxygen atoms in total. The number of Topliss-reactive ketones (excluding diaryl/α,β-unsaturated/α-hetero) is 1. The number of hydrogen-bond acceptors (Lipinski definition) is 3. The van der Waals surface area contributed by atoms with Crippen molar-refractivity contribution in [2.45, 2.75) is 32.1 Å². The Morgan fingerprint density at radius 1 is 1.12 bits per heavy atom. The molecule has 1 aromatic carbocycles. The van der Waals surface area contributed by atoms with Crippen molar-refractivity contribution in [3.8, 4) is 11.5 Å². The summed E-state index contributed by atoms with van der Waals surface area (Å²) in [5.74, 6) is 1.84. The number of ketones is 1. The van der Waals surface area contributed by atoms with Gasteiger partial charge in [0.05, 0.1) is 14.2 Å². The average molecular weight is 234 g/mol. The fourth-order valence-corrected chi connectivity index (χ4v) is 2.44. The van der Waals surface area contributed by atoms with Crippen molar-refractivity contribution in [2.24, 2.45) is 0 Å². The second-order valence-electron chi connectivity index (χ2n) is 4.90. The molecule has 2 rings (SSSR count). The molecule has 0 unspecified atom stereocenters. The molecule has 0 amide bonds. The SMILES string of the molecule is COc1cc(OC)c2c(c1)C(C)(C)C(=O)CC2. The van der Waals surface area contributed by atoms with E-state index in [9.17, 15) is 4.79 Å². The van der Waals surface area contributed by atoms with E-state index in [-0.39, 0.29) is 5.78 Å². The summed E-state index contributed by atoms with van der Waals surface area (Å²) in [6.07, 6.45) is 1.34. The molecule has 1 aliphatic rings. The largest absolute Gasteiger partial charge is 0.497 e. The van der Waals surface area contributed by atoms with Crippen LogP contribution in [0.1, 0.15) is 31.4 Å². The summed E-state index contributed by atoms with van der Waals surface area (Å²) in [4.78, 5) is 12.0. The predicted octanol–water partition coefficient (Wildman–Crippen LogP) is 2.50. The molecular weight excluding hydrogens is 216 g/mol. The van der Waals surface area contributed by atoms with Crippen LogP contribution in [0.5, 0.6) is 11.5 Å². The lowest BCUT2D eigenvalue weighted by Gasteiger charge is -2.32. The van der Waals surface area contributed by atoms with E-state index in [1.807, 2.05) is 26.0 Å². The third kappa shape index (κ3) is 1.79. The molecule has 0 spiro atoms. The minimum atomic E-state index is -0.449. The first-order chi connectivity index (χ1) is 8.00. The molecule has 0 N–H and O–H groups in total. The molecule has 0 atom stereocenters. The quantitative estimate of drug-likeness (QED) is 0.788. The standard InChI is InChI=1S/C14H18O3/c1-14(2)11-7-9(16-3)8-12(17-4)10(11)5-6-13(14)15/h7-8H,5-6H2,1-4H3. The fourth-order valence-electron chi connectivity index (χ4n) is 2.44. The minimum absolute atomic E-state index is 0.278. The number of ether oxygens (including phenoxy) is 2. The first-order valence-corrected chi connectivity index (χ1v) is 5.79. The summed E-state index contributed by atoms with van der Waals surface area (Å²) in [5, 5.41) is 0. The highest BCUT2D eigenvalue weighted by Crippen LogP contribution is 2.41. The Morgan fingerprint density at radius 3 is 2.41 bits per heavy atom. The van der Waals surface area contributed by atoms with Gasteiger partial charge in [0.25, 0.3) is 0 Å². The van der Waals surface area contributed by atoms with Crippen molar-refractivity contribution < 1.29 is 14.3 Å². The molecule has 0 saturated carbocycles. The molecule has 1 aromatic rings. The number of rotatable bonds is 2. The zero-order chi connectivity index (χ0) is 12.6. The van der Waals surface area contributed by atoms with Gasteiger partial charge in [-0.25, -0.2) is 0 Å². The molecule has 17 heavy (non-hydrogen) atoms. The number of methoxy groups -OCH3 is 2. The molecule has 0 heterocycles. The fraction of sp³-hybridized carbons (Fsp3) is 0.500. The van der Waals surface area contributed by atoms with Gasteiger partial charge in [0.2, 0.25) is 0 Å². The Balaban J connectivity index is 2.65. The molecule has 0 bridgehead atoms. The van der Waals surface area contributed by atoms with Gasteiger partial charge >= 0.3 is 0 Å². The van der Waals surface area contributed by atoms with Crippen molar-refractivity contribution in [3.05, 3.63) is 23.3 Å².